The van der Waals surface area contributed by atoms with Gasteiger partial charge in [-0.05, 0) is 13.0 Å². The lowest BCUT2D eigenvalue weighted by Gasteiger charge is -2.06. The van der Waals surface area contributed by atoms with Crippen molar-refractivity contribution in [3.05, 3.63) is 76.7 Å². The van der Waals surface area contributed by atoms with Gasteiger partial charge in [0.05, 0.1) is 17.5 Å². The van der Waals surface area contributed by atoms with E-state index >= 15 is 0 Å². The molecule has 1 N–H and O–H groups in total. The molecule has 0 fully saturated rings. The second kappa shape index (κ2) is 7.48. The van der Waals surface area contributed by atoms with Crippen molar-refractivity contribution in [3.8, 4) is 11.3 Å². The van der Waals surface area contributed by atoms with Gasteiger partial charge in [-0.25, -0.2) is 37.3 Å². The summed E-state index contributed by atoms with van der Waals surface area (Å²) in [6.07, 6.45) is 0.476. The molecule has 4 nitrogen and oxygen atoms in total. The van der Waals surface area contributed by atoms with Gasteiger partial charge in [0.2, 0.25) is 11.8 Å². The second-order valence-corrected chi connectivity index (χ2v) is 5.44. The minimum Gasteiger partial charge on any atom is -0.245 e. The second-order valence-electron chi connectivity index (χ2n) is 5.44. The van der Waals surface area contributed by atoms with Crippen LogP contribution in [0.2, 0.25) is 0 Å². The maximum Gasteiger partial charge on any atom is 0.244 e. The minimum atomic E-state index is -2.23. The first-order valence-electron chi connectivity index (χ1n) is 7.60. The number of hydrogen-bond donors (Lipinski definition) is 1. The highest BCUT2D eigenvalue weighted by Gasteiger charge is 2.24. The van der Waals surface area contributed by atoms with Crippen LogP contribution in [0.5, 0.6) is 0 Å². The van der Waals surface area contributed by atoms with Crippen LogP contribution in [0.1, 0.15) is 11.3 Å². The lowest BCUT2D eigenvalue weighted by atomic mass is 10.1. The molecule has 0 spiro atoms. The van der Waals surface area contributed by atoms with Crippen molar-refractivity contribution in [1.82, 2.24) is 9.97 Å². The third kappa shape index (κ3) is 3.76. The highest BCUT2D eigenvalue weighted by atomic mass is 19.2. The number of halogens is 5. The highest BCUT2D eigenvalue weighted by molar-refractivity contribution is 5.81. The van der Waals surface area contributed by atoms with Crippen LogP contribution in [0.4, 0.5) is 27.9 Å². The van der Waals surface area contributed by atoms with Crippen molar-refractivity contribution in [2.75, 3.05) is 5.43 Å². The number of hydrogen-bond acceptors (Lipinski definition) is 4. The number of nitrogens with zero attached hydrogens (tertiary/aromatic N) is 3. The molecule has 0 atom stereocenters. The number of anilines is 1. The van der Waals surface area contributed by atoms with E-state index in [-0.39, 0.29) is 5.95 Å². The molecule has 2 aromatic carbocycles. The van der Waals surface area contributed by atoms with E-state index in [2.05, 4.69) is 20.5 Å². The van der Waals surface area contributed by atoms with Crippen molar-refractivity contribution >= 4 is 12.2 Å². The van der Waals surface area contributed by atoms with Crippen molar-refractivity contribution < 1.29 is 22.0 Å². The Morgan fingerprint density at radius 1 is 0.852 bits per heavy atom. The Bertz CT molecular complexity index is 993. The van der Waals surface area contributed by atoms with E-state index in [1.54, 1.807) is 13.0 Å². The van der Waals surface area contributed by atoms with E-state index in [1.165, 1.54) is 0 Å². The molecule has 0 saturated carbocycles. The van der Waals surface area contributed by atoms with Gasteiger partial charge in [-0.3, -0.25) is 0 Å². The largest absolute Gasteiger partial charge is 0.245 e. The SMILES string of the molecule is Cc1cc(-c2ccccc2)nc(N/N=C\c2c(F)c(F)c(F)c(F)c2F)n1. The Kier molecular flexibility index (Phi) is 5.11. The molecular formula is C18H11F5N4. The normalized spacial score (nSPS) is 11.2. The van der Waals surface area contributed by atoms with Gasteiger partial charge in [0, 0.05) is 11.3 Å². The van der Waals surface area contributed by atoms with Crippen molar-refractivity contribution in [2.24, 2.45) is 5.10 Å². The van der Waals surface area contributed by atoms with Crippen LogP contribution >= 0.6 is 0 Å². The van der Waals surface area contributed by atoms with Crippen LogP contribution in [-0.4, -0.2) is 16.2 Å². The van der Waals surface area contributed by atoms with Crippen molar-refractivity contribution in [3.63, 3.8) is 0 Å². The van der Waals surface area contributed by atoms with E-state index in [1.807, 2.05) is 30.3 Å². The first-order valence-corrected chi connectivity index (χ1v) is 7.60. The van der Waals surface area contributed by atoms with E-state index < -0.39 is 34.6 Å². The molecule has 0 aliphatic heterocycles. The Hall–Kier alpha value is -3.36. The molecule has 3 aromatic rings. The fraction of sp³-hybridized carbons (Fsp3) is 0.0556. The molecule has 0 amide bonds. The molecule has 0 aliphatic carbocycles. The van der Waals surface area contributed by atoms with Gasteiger partial charge >= 0.3 is 0 Å². The Balaban J connectivity index is 1.89. The molecule has 0 radical (unpaired) electrons. The number of benzene rings is 2. The zero-order chi connectivity index (χ0) is 19.6. The summed E-state index contributed by atoms with van der Waals surface area (Å²) in [6, 6.07) is 10.8. The van der Waals surface area contributed by atoms with Gasteiger partial charge in [0.15, 0.2) is 23.3 Å². The molecule has 0 bridgehead atoms. The predicted molar refractivity (Wildman–Crippen MR) is 89.7 cm³/mol. The van der Waals surface area contributed by atoms with Crippen molar-refractivity contribution in [1.29, 1.82) is 0 Å². The van der Waals surface area contributed by atoms with E-state index in [0.717, 1.165) is 5.56 Å². The number of rotatable bonds is 4. The molecule has 3 rings (SSSR count). The number of aromatic nitrogens is 2. The summed E-state index contributed by atoms with van der Waals surface area (Å²) in [4.78, 5) is 8.25. The first kappa shape index (κ1) is 18.4. The van der Waals surface area contributed by atoms with Gasteiger partial charge in [0.25, 0.3) is 0 Å². The molecule has 0 aliphatic rings. The predicted octanol–water partition coefficient (Wildman–Crippen LogP) is 4.59. The lowest BCUT2D eigenvalue weighted by Crippen LogP contribution is -2.07. The van der Waals surface area contributed by atoms with E-state index in [9.17, 15) is 22.0 Å². The maximum absolute atomic E-state index is 13.6. The number of hydrazone groups is 1. The average molecular weight is 378 g/mol. The molecule has 1 heterocycles. The fourth-order valence-electron chi connectivity index (χ4n) is 2.27. The zero-order valence-corrected chi connectivity index (χ0v) is 13.8. The van der Waals surface area contributed by atoms with Gasteiger partial charge in [-0.15, -0.1) is 0 Å². The molecule has 9 heteroatoms. The van der Waals surface area contributed by atoms with Crippen LogP contribution in [0.15, 0.2) is 41.5 Å². The summed E-state index contributed by atoms with van der Waals surface area (Å²) in [5, 5.41) is 3.49. The Labute approximate surface area is 150 Å². The molecule has 0 unspecified atom stereocenters. The Morgan fingerprint density at radius 3 is 2.07 bits per heavy atom. The topological polar surface area (TPSA) is 50.2 Å². The summed E-state index contributed by atoms with van der Waals surface area (Å²) in [6.45, 7) is 1.70. The highest BCUT2D eigenvalue weighted by Crippen LogP contribution is 2.22. The maximum atomic E-state index is 13.6. The third-order valence-electron chi connectivity index (χ3n) is 3.53. The number of aryl methyl sites for hydroxylation is 1. The summed E-state index contributed by atoms with van der Waals surface area (Å²) in [5.74, 6) is -10.3. The van der Waals surface area contributed by atoms with E-state index in [4.69, 9.17) is 0 Å². The number of nitrogens with one attached hydrogen (secondary N) is 1. The summed E-state index contributed by atoms with van der Waals surface area (Å²) in [7, 11) is 0. The molecular weight excluding hydrogens is 367 g/mol. The van der Waals surface area contributed by atoms with Crippen LogP contribution in [0.25, 0.3) is 11.3 Å². The summed E-state index contributed by atoms with van der Waals surface area (Å²) >= 11 is 0. The van der Waals surface area contributed by atoms with Crippen LogP contribution in [-0.2, 0) is 0 Å². The van der Waals surface area contributed by atoms with Gasteiger partial charge in [-0.2, -0.15) is 5.10 Å². The molecule has 138 valence electrons. The van der Waals surface area contributed by atoms with Gasteiger partial charge in [-0.1, -0.05) is 30.3 Å². The van der Waals surface area contributed by atoms with Crippen LogP contribution in [0, 0.1) is 36.0 Å². The third-order valence-corrected chi connectivity index (χ3v) is 3.53. The van der Waals surface area contributed by atoms with Crippen LogP contribution in [0.3, 0.4) is 0 Å². The van der Waals surface area contributed by atoms with E-state index in [0.29, 0.717) is 17.6 Å². The molecule has 27 heavy (non-hydrogen) atoms. The minimum absolute atomic E-state index is 0.00558. The summed E-state index contributed by atoms with van der Waals surface area (Å²) in [5.41, 5.74) is 3.10. The fourth-order valence-corrected chi connectivity index (χ4v) is 2.27. The van der Waals surface area contributed by atoms with Gasteiger partial charge < -0.3 is 0 Å². The molecule has 1 aromatic heterocycles. The zero-order valence-electron chi connectivity index (χ0n) is 13.8. The van der Waals surface area contributed by atoms with Crippen molar-refractivity contribution in [2.45, 2.75) is 6.92 Å². The average Bonchev–Trinajstić information content (AvgIpc) is 2.68. The standard InChI is InChI=1S/C18H11F5N4/c1-9-7-12(10-5-3-2-4-6-10)26-18(25-9)27-24-8-11-13(19)15(21)17(23)16(22)14(11)20/h2-8H,1H3,(H,25,26,27)/b24-8-. The monoisotopic (exact) mass is 378 g/mol. The quantitative estimate of drug-likeness (QED) is 0.237. The first-order chi connectivity index (χ1) is 12.9. The smallest absolute Gasteiger partial charge is 0.244 e. The summed E-state index contributed by atoms with van der Waals surface area (Å²) < 4.78 is 66.6. The molecule has 0 saturated heterocycles. The lowest BCUT2D eigenvalue weighted by molar-refractivity contribution is 0.377. The Morgan fingerprint density at radius 2 is 1.44 bits per heavy atom. The van der Waals surface area contributed by atoms with Crippen LogP contribution < -0.4 is 5.43 Å². The van der Waals surface area contributed by atoms with Gasteiger partial charge in [0.1, 0.15) is 0 Å².